The highest BCUT2D eigenvalue weighted by Gasteiger charge is 2.23. The Morgan fingerprint density at radius 3 is 2.43 bits per heavy atom. The van der Waals surface area contributed by atoms with Crippen LogP contribution in [0.4, 0.5) is 0 Å². The van der Waals surface area contributed by atoms with E-state index in [4.69, 9.17) is 5.26 Å². The van der Waals surface area contributed by atoms with Gasteiger partial charge in [-0.15, -0.1) is 4.57 Å². The smallest absolute Gasteiger partial charge is 0.423 e. The Kier molecular flexibility index (Phi) is 3.39. The van der Waals surface area contributed by atoms with Crippen LogP contribution in [0.15, 0.2) is 21.7 Å². The van der Waals surface area contributed by atoms with E-state index in [2.05, 4.69) is 0 Å². The van der Waals surface area contributed by atoms with Gasteiger partial charge in [0.1, 0.15) is 11.8 Å². The van der Waals surface area contributed by atoms with Gasteiger partial charge in [0, 0.05) is 24.4 Å². The van der Waals surface area contributed by atoms with Gasteiger partial charge in [-0.3, -0.25) is 4.57 Å². The Balaban J connectivity index is 2.98. The molecular formula is C14H14N4O3. The van der Waals surface area contributed by atoms with E-state index in [1.54, 1.807) is 13.8 Å². The number of aromatic nitrogens is 3. The van der Waals surface area contributed by atoms with Crippen molar-refractivity contribution in [3.63, 3.8) is 0 Å². The number of rotatable bonds is 1. The lowest BCUT2D eigenvalue weighted by Gasteiger charge is -2.15. The fourth-order valence-electron chi connectivity index (χ4n) is 2.12. The SMILES string of the molecule is Cc1cc(C#N)c(C)[n+]([O-])c1-n1c(=O)cc(C)n(C)c1=O. The highest BCUT2D eigenvalue weighted by atomic mass is 16.5. The molecule has 2 aromatic rings. The molecular weight excluding hydrogens is 272 g/mol. The van der Waals surface area contributed by atoms with Gasteiger partial charge in [-0.1, -0.05) is 0 Å². The van der Waals surface area contributed by atoms with Crippen LogP contribution in [-0.2, 0) is 7.05 Å². The molecule has 0 aliphatic rings. The summed E-state index contributed by atoms with van der Waals surface area (Å²) in [5, 5.41) is 21.3. The molecule has 2 heterocycles. The average molecular weight is 286 g/mol. The summed E-state index contributed by atoms with van der Waals surface area (Å²) in [6.07, 6.45) is 0. The molecule has 21 heavy (non-hydrogen) atoms. The third kappa shape index (κ3) is 2.10. The summed E-state index contributed by atoms with van der Waals surface area (Å²) in [7, 11) is 1.52. The predicted octanol–water partition coefficient (Wildman–Crippen LogP) is -0.0335. The van der Waals surface area contributed by atoms with Crippen molar-refractivity contribution < 1.29 is 4.73 Å². The van der Waals surface area contributed by atoms with Crippen LogP contribution in [-0.4, -0.2) is 9.13 Å². The predicted molar refractivity (Wildman–Crippen MR) is 75.2 cm³/mol. The molecule has 0 spiro atoms. The molecule has 0 aliphatic heterocycles. The standard InChI is InChI=1S/C14H14N4O3/c1-8-5-11(7-15)10(3)18(21)13(8)17-12(19)6-9(2)16(4)14(17)20/h5-6H,1-4H3. The molecule has 0 unspecified atom stereocenters. The summed E-state index contributed by atoms with van der Waals surface area (Å²) in [5.41, 5.74) is 0.0667. The Labute approximate surface area is 120 Å². The van der Waals surface area contributed by atoms with E-state index in [1.165, 1.54) is 30.7 Å². The summed E-state index contributed by atoms with van der Waals surface area (Å²) in [4.78, 5) is 24.4. The van der Waals surface area contributed by atoms with E-state index in [-0.39, 0.29) is 17.1 Å². The van der Waals surface area contributed by atoms with Crippen LogP contribution in [0.5, 0.6) is 0 Å². The summed E-state index contributed by atoms with van der Waals surface area (Å²) < 4.78 is 2.56. The summed E-state index contributed by atoms with van der Waals surface area (Å²) in [5.74, 6) is -0.0721. The van der Waals surface area contributed by atoms with Crippen LogP contribution >= 0.6 is 0 Å². The quantitative estimate of drug-likeness (QED) is 0.543. The molecule has 0 radical (unpaired) electrons. The topological polar surface area (TPSA) is 94.7 Å². The largest absolute Gasteiger partial charge is 0.710 e. The molecule has 0 fully saturated rings. The molecule has 0 aliphatic carbocycles. The van der Waals surface area contributed by atoms with Crippen LogP contribution in [0.2, 0.25) is 0 Å². The van der Waals surface area contributed by atoms with Crippen molar-refractivity contribution in [2.45, 2.75) is 20.8 Å². The summed E-state index contributed by atoms with van der Waals surface area (Å²) in [6.45, 7) is 4.68. The molecule has 2 rings (SSSR count). The molecule has 108 valence electrons. The first-order chi connectivity index (χ1) is 9.79. The molecule has 0 bridgehead atoms. The second kappa shape index (κ2) is 4.90. The zero-order valence-corrected chi connectivity index (χ0v) is 12.2. The average Bonchev–Trinajstić information content (AvgIpc) is 2.44. The zero-order valence-electron chi connectivity index (χ0n) is 12.2. The lowest BCUT2D eigenvalue weighted by molar-refractivity contribution is -0.607. The minimum atomic E-state index is -0.600. The third-order valence-electron chi connectivity index (χ3n) is 3.49. The van der Waals surface area contributed by atoms with Crippen molar-refractivity contribution in [2.24, 2.45) is 7.05 Å². The van der Waals surface area contributed by atoms with Gasteiger partial charge in [0.05, 0.1) is 5.56 Å². The molecule has 7 heteroatoms. The van der Waals surface area contributed by atoms with Gasteiger partial charge < -0.3 is 5.21 Å². The van der Waals surface area contributed by atoms with Crippen molar-refractivity contribution in [2.75, 3.05) is 0 Å². The van der Waals surface area contributed by atoms with Gasteiger partial charge in [0.2, 0.25) is 0 Å². The van der Waals surface area contributed by atoms with Crippen molar-refractivity contribution in [3.8, 4) is 11.9 Å². The molecule has 7 nitrogen and oxygen atoms in total. The van der Waals surface area contributed by atoms with E-state index >= 15 is 0 Å². The molecule has 0 atom stereocenters. The lowest BCUT2D eigenvalue weighted by atomic mass is 10.1. The second-order valence-electron chi connectivity index (χ2n) is 4.86. The summed E-state index contributed by atoms with van der Waals surface area (Å²) >= 11 is 0. The van der Waals surface area contributed by atoms with E-state index < -0.39 is 11.2 Å². The molecule has 0 saturated heterocycles. The van der Waals surface area contributed by atoms with E-state index in [1.807, 2.05) is 6.07 Å². The molecule has 0 amide bonds. The van der Waals surface area contributed by atoms with E-state index in [9.17, 15) is 14.8 Å². The van der Waals surface area contributed by atoms with Crippen molar-refractivity contribution >= 4 is 0 Å². The van der Waals surface area contributed by atoms with Gasteiger partial charge in [-0.2, -0.15) is 5.26 Å². The number of nitrogens with zero attached hydrogens (tertiary/aromatic N) is 4. The van der Waals surface area contributed by atoms with Gasteiger partial charge in [-0.25, -0.2) is 14.3 Å². The molecule has 0 N–H and O–H groups in total. The normalized spacial score (nSPS) is 10.4. The van der Waals surface area contributed by atoms with Crippen molar-refractivity contribution in [1.29, 1.82) is 5.26 Å². The zero-order chi connectivity index (χ0) is 15.9. The van der Waals surface area contributed by atoms with Gasteiger partial charge in [0.15, 0.2) is 0 Å². The first-order valence-corrected chi connectivity index (χ1v) is 6.23. The first kappa shape index (κ1) is 14.5. The molecule has 0 saturated carbocycles. The van der Waals surface area contributed by atoms with Gasteiger partial charge in [-0.05, 0) is 26.8 Å². The van der Waals surface area contributed by atoms with Crippen LogP contribution in [0.25, 0.3) is 5.82 Å². The number of hydrogen-bond donors (Lipinski definition) is 0. The maximum atomic E-state index is 12.3. The first-order valence-electron chi connectivity index (χ1n) is 6.23. The number of hydrogen-bond acceptors (Lipinski definition) is 4. The monoisotopic (exact) mass is 286 g/mol. The Morgan fingerprint density at radius 2 is 1.86 bits per heavy atom. The van der Waals surface area contributed by atoms with Gasteiger partial charge in [0.25, 0.3) is 5.82 Å². The van der Waals surface area contributed by atoms with E-state index in [0.29, 0.717) is 16.0 Å². The maximum Gasteiger partial charge on any atom is 0.423 e. The molecule has 2 aromatic heterocycles. The number of aryl methyl sites for hydroxylation is 2. The maximum absolute atomic E-state index is 12.3. The second-order valence-corrected chi connectivity index (χ2v) is 4.86. The lowest BCUT2D eigenvalue weighted by Crippen LogP contribution is -2.47. The van der Waals surface area contributed by atoms with Crippen LogP contribution in [0.1, 0.15) is 22.5 Å². The third-order valence-corrected chi connectivity index (χ3v) is 3.49. The van der Waals surface area contributed by atoms with Crippen LogP contribution in [0, 0.1) is 37.3 Å². The minimum Gasteiger partial charge on any atom is -0.710 e. The van der Waals surface area contributed by atoms with Gasteiger partial charge >= 0.3 is 11.2 Å². The molecule has 0 aromatic carbocycles. The van der Waals surface area contributed by atoms with E-state index in [0.717, 1.165) is 4.57 Å². The van der Waals surface area contributed by atoms with Crippen LogP contribution in [0.3, 0.4) is 0 Å². The number of pyridine rings is 1. The number of nitriles is 1. The Hall–Kier alpha value is -2.88. The fourth-order valence-corrected chi connectivity index (χ4v) is 2.12. The summed E-state index contributed by atoms with van der Waals surface area (Å²) in [6, 6.07) is 4.69. The highest BCUT2D eigenvalue weighted by molar-refractivity contribution is 5.39. The van der Waals surface area contributed by atoms with Crippen molar-refractivity contribution in [1.82, 2.24) is 9.13 Å². The Morgan fingerprint density at radius 1 is 1.24 bits per heavy atom. The Bertz CT molecular complexity index is 900. The fraction of sp³-hybridized carbons (Fsp3) is 0.286. The van der Waals surface area contributed by atoms with Crippen molar-refractivity contribution in [3.05, 3.63) is 60.7 Å². The minimum absolute atomic E-state index is 0.0721. The highest BCUT2D eigenvalue weighted by Crippen LogP contribution is 2.11. The van der Waals surface area contributed by atoms with Crippen LogP contribution < -0.4 is 16.0 Å².